The molecule has 0 aromatic carbocycles. The predicted octanol–water partition coefficient (Wildman–Crippen LogP) is -1.75. The molecule has 0 spiro atoms. The Bertz CT molecular complexity index is 550. The number of nitrogens with one attached hydrogen (secondary N) is 2. The highest BCUT2D eigenvalue weighted by molar-refractivity contribution is 5.85. The predicted molar refractivity (Wildman–Crippen MR) is 88.8 cm³/mol. The van der Waals surface area contributed by atoms with E-state index in [1.807, 2.05) is 6.92 Å². The standard InChI is InChI=1S/C16H26N2O8/c1-3-4-5-12(22)18-9-6-11(16(24)25)26-15(13(9)17-8(2)20)14(23)10(21)7-19/h6,9-10,13-15,19,21,23H,3-5,7H2,1-2H3,(H,17,20)(H,18,22)(H,24,25)/t9-,10+,13+,14+,15+/m0/s1. The molecule has 0 aromatic heterocycles. The number of aliphatic hydroxyl groups is 3. The van der Waals surface area contributed by atoms with Gasteiger partial charge in [-0.25, -0.2) is 4.79 Å². The molecule has 0 radical (unpaired) electrons. The van der Waals surface area contributed by atoms with Gasteiger partial charge < -0.3 is 35.8 Å². The summed E-state index contributed by atoms with van der Waals surface area (Å²) in [5.74, 6) is -2.84. The molecule has 0 aliphatic carbocycles. The summed E-state index contributed by atoms with van der Waals surface area (Å²) in [5, 5.41) is 43.2. The monoisotopic (exact) mass is 374 g/mol. The summed E-state index contributed by atoms with van der Waals surface area (Å²) >= 11 is 0. The summed E-state index contributed by atoms with van der Waals surface area (Å²) in [4.78, 5) is 34.9. The lowest BCUT2D eigenvalue weighted by Crippen LogP contribution is -2.63. The quantitative estimate of drug-likeness (QED) is 0.276. The summed E-state index contributed by atoms with van der Waals surface area (Å²) in [6.07, 6.45) is -1.96. The van der Waals surface area contributed by atoms with Crippen LogP contribution in [0.15, 0.2) is 11.8 Å². The van der Waals surface area contributed by atoms with Crippen LogP contribution in [-0.2, 0) is 19.1 Å². The number of hydrogen-bond donors (Lipinski definition) is 6. The molecule has 2 amide bonds. The number of carboxylic acid groups (broad SMARTS) is 1. The zero-order valence-electron chi connectivity index (χ0n) is 14.7. The number of ether oxygens (including phenoxy) is 1. The Morgan fingerprint density at radius 3 is 2.42 bits per heavy atom. The minimum absolute atomic E-state index is 0.212. The first-order valence-corrected chi connectivity index (χ1v) is 8.36. The fraction of sp³-hybridized carbons (Fsp3) is 0.688. The third-order valence-corrected chi connectivity index (χ3v) is 3.92. The third-order valence-electron chi connectivity index (χ3n) is 3.92. The number of carboxylic acids is 1. The molecule has 1 rings (SSSR count). The summed E-state index contributed by atoms with van der Waals surface area (Å²) in [6.45, 7) is 2.32. The fourth-order valence-corrected chi connectivity index (χ4v) is 2.59. The van der Waals surface area contributed by atoms with Crippen LogP contribution in [0.4, 0.5) is 0 Å². The zero-order chi connectivity index (χ0) is 19.9. The number of amides is 2. The van der Waals surface area contributed by atoms with E-state index >= 15 is 0 Å². The average molecular weight is 374 g/mol. The summed E-state index contributed by atoms with van der Waals surface area (Å²) in [7, 11) is 0. The van der Waals surface area contributed by atoms with E-state index in [0.717, 1.165) is 12.5 Å². The maximum absolute atomic E-state index is 12.1. The lowest BCUT2D eigenvalue weighted by atomic mass is 9.91. The van der Waals surface area contributed by atoms with Crippen molar-refractivity contribution in [3.8, 4) is 0 Å². The van der Waals surface area contributed by atoms with Gasteiger partial charge in [0, 0.05) is 13.3 Å². The van der Waals surface area contributed by atoms with Gasteiger partial charge in [-0.2, -0.15) is 0 Å². The molecule has 1 aliphatic heterocycles. The van der Waals surface area contributed by atoms with Crippen molar-refractivity contribution < 1.29 is 39.5 Å². The summed E-state index contributed by atoms with van der Waals surface area (Å²) in [5.41, 5.74) is 0. The molecule has 0 unspecified atom stereocenters. The number of carbonyl (C=O) groups is 3. The zero-order valence-corrected chi connectivity index (χ0v) is 14.7. The highest BCUT2D eigenvalue weighted by atomic mass is 16.5. The molecule has 0 saturated carbocycles. The van der Waals surface area contributed by atoms with E-state index in [1.54, 1.807) is 0 Å². The molecule has 6 N–H and O–H groups in total. The van der Waals surface area contributed by atoms with Crippen LogP contribution in [-0.4, -0.2) is 75.2 Å². The van der Waals surface area contributed by atoms with E-state index in [0.29, 0.717) is 6.42 Å². The molecule has 1 heterocycles. The van der Waals surface area contributed by atoms with Gasteiger partial charge in [0.25, 0.3) is 0 Å². The highest BCUT2D eigenvalue weighted by Crippen LogP contribution is 2.23. The lowest BCUT2D eigenvalue weighted by molar-refractivity contribution is -0.147. The van der Waals surface area contributed by atoms with Gasteiger partial charge in [0.05, 0.1) is 18.7 Å². The van der Waals surface area contributed by atoms with Crippen LogP contribution >= 0.6 is 0 Å². The molecule has 0 fully saturated rings. The molecule has 5 atom stereocenters. The van der Waals surface area contributed by atoms with E-state index in [2.05, 4.69) is 10.6 Å². The normalized spacial score (nSPS) is 24.7. The van der Waals surface area contributed by atoms with Crippen molar-refractivity contribution in [2.24, 2.45) is 0 Å². The first-order chi connectivity index (χ1) is 12.2. The first kappa shape index (κ1) is 21.9. The molecule has 0 saturated heterocycles. The second-order valence-corrected chi connectivity index (χ2v) is 6.08. The van der Waals surface area contributed by atoms with Gasteiger partial charge in [-0.1, -0.05) is 13.3 Å². The average Bonchev–Trinajstić information content (AvgIpc) is 2.59. The van der Waals surface area contributed by atoms with Crippen molar-refractivity contribution >= 4 is 17.8 Å². The molecule has 0 aromatic rings. The smallest absolute Gasteiger partial charge is 0.370 e. The second-order valence-electron chi connectivity index (χ2n) is 6.08. The van der Waals surface area contributed by atoms with E-state index in [-0.39, 0.29) is 12.3 Å². The van der Waals surface area contributed by atoms with Crippen LogP contribution in [0.2, 0.25) is 0 Å². The second kappa shape index (κ2) is 10.1. The first-order valence-electron chi connectivity index (χ1n) is 8.36. The summed E-state index contributed by atoms with van der Waals surface area (Å²) in [6, 6.07) is -2.02. The third kappa shape index (κ3) is 5.97. The number of rotatable bonds is 9. The summed E-state index contributed by atoms with van der Waals surface area (Å²) < 4.78 is 5.21. The molecule has 26 heavy (non-hydrogen) atoms. The van der Waals surface area contributed by atoms with Gasteiger partial charge in [0.15, 0.2) is 0 Å². The molecule has 0 bridgehead atoms. The maximum Gasteiger partial charge on any atom is 0.370 e. The van der Waals surface area contributed by atoms with E-state index in [1.165, 1.54) is 6.92 Å². The molecule has 10 nitrogen and oxygen atoms in total. The highest BCUT2D eigenvalue weighted by Gasteiger charge is 2.43. The Morgan fingerprint density at radius 2 is 1.92 bits per heavy atom. The van der Waals surface area contributed by atoms with Crippen molar-refractivity contribution in [1.29, 1.82) is 0 Å². The molecule has 1 aliphatic rings. The minimum Gasteiger partial charge on any atom is -0.478 e. The van der Waals surface area contributed by atoms with Crippen molar-refractivity contribution in [3.63, 3.8) is 0 Å². The van der Waals surface area contributed by atoms with Gasteiger partial charge in [0.2, 0.25) is 17.6 Å². The number of aliphatic carboxylic acids is 1. The largest absolute Gasteiger partial charge is 0.478 e. The Balaban J connectivity index is 3.16. The van der Waals surface area contributed by atoms with Crippen LogP contribution in [0.3, 0.4) is 0 Å². The van der Waals surface area contributed by atoms with Crippen LogP contribution in [0.25, 0.3) is 0 Å². The minimum atomic E-state index is -1.70. The van der Waals surface area contributed by atoms with Gasteiger partial charge in [-0.05, 0) is 12.5 Å². The van der Waals surface area contributed by atoms with Crippen molar-refractivity contribution in [1.82, 2.24) is 10.6 Å². The Labute approximate surface area is 150 Å². The topological polar surface area (TPSA) is 165 Å². The van der Waals surface area contributed by atoms with E-state index in [4.69, 9.17) is 9.84 Å². The molecule has 148 valence electrons. The van der Waals surface area contributed by atoms with E-state index < -0.39 is 54.6 Å². The van der Waals surface area contributed by atoms with Gasteiger partial charge in [0.1, 0.15) is 18.3 Å². The Kier molecular flexibility index (Phi) is 8.49. The van der Waals surface area contributed by atoms with Gasteiger partial charge in [-0.3, -0.25) is 9.59 Å². The molecular weight excluding hydrogens is 348 g/mol. The van der Waals surface area contributed by atoms with Crippen LogP contribution in [0.5, 0.6) is 0 Å². The van der Waals surface area contributed by atoms with Crippen molar-refractivity contribution in [2.75, 3.05) is 6.61 Å². The van der Waals surface area contributed by atoms with E-state index in [9.17, 15) is 29.7 Å². The fourth-order valence-electron chi connectivity index (χ4n) is 2.59. The van der Waals surface area contributed by atoms with Crippen molar-refractivity contribution in [3.05, 3.63) is 11.8 Å². The van der Waals surface area contributed by atoms with Crippen molar-refractivity contribution in [2.45, 2.75) is 63.5 Å². The molecular formula is C16H26N2O8. The molecule has 10 heteroatoms. The SMILES string of the molecule is CCCCC(=O)N[C@H]1C=C(C(=O)O)O[C@@H]([C@H](O)[C@H](O)CO)[C@@H]1NC(C)=O. The van der Waals surface area contributed by atoms with Crippen LogP contribution in [0.1, 0.15) is 33.1 Å². The number of aliphatic hydroxyl groups excluding tert-OH is 3. The number of unbranched alkanes of at least 4 members (excludes halogenated alkanes) is 1. The van der Waals surface area contributed by atoms with Gasteiger partial charge >= 0.3 is 5.97 Å². The maximum atomic E-state index is 12.1. The van der Waals surface area contributed by atoms with Crippen LogP contribution < -0.4 is 10.6 Å². The Hall–Kier alpha value is -2.17. The number of hydrogen-bond acceptors (Lipinski definition) is 7. The van der Waals surface area contributed by atoms with Crippen LogP contribution in [0, 0.1) is 0 Å². The Morgan fingerprint density at radius 1 is 1.27 bits per heavy atom. The van der Waals surface area contributed by atoms with Gasteiger partial charge in [-0.15, -0.1) is 0 Å². The number of carbonyl (C=O) groups excluding carboxylic acids is 2. The lowest BCUT2D eigenvalue weighted by Gasteiger charge is -2.40.